The summed E-state index contributed by atoms with van der Waals surface area (Å²) in [6.45, 7) is 6.30. The third kappa shape index (κ3) is 1.78. The van der Waals surface area contributed by atoms with E-state index >= 15 is 0 Å². The second-order valence-corrected chi connectivity index (χ2v) is 9.30. The highest BCUT2D eigenvalue weighted by Crippen LogP contribution is 2.66. The Bertz CT molecular complexity index is 1140. The molecule has 2 bridgehead atoms. The number of amides is 2. The standard InChI is InChI=1S/C27H23NO2/c1-16-9-8-10-17(15-16)28-24(29)22-23(25(28)30)27(3)20-13-6-4-11-18(20)26(22,2)19-12-5-7-14-21(19)27/h4-15,22-23H,1-3H3/t22-,23-,26?,27?/m0/s1. The molecule has 0 aromatic heterocycles. The molecule has 2 amide bonds. The summed E-state index contributed by atoms with van der Waals surface area (Å²) in [6.07, 6.45) is 0. The summed E-state index contributed by atoms with van der Waals surface area (Å²) < 4.78 is 0. The van der Waals surface area contributed by atoms with Crippen LogP contribution in [0.4, 0.5) is 5.69 Å². The molecule has 0 N–H and O–H groups in total. The molecule has 3 aromatic rings. The normalized spacial score (nSPS) is 30.8. The monoisotopic (exact) mass is 393 g/mol. The Balaban J connectivity index is 1.67. The van der Waals surface area contributed by atoms with Crippen LogP contribution >= 0.6 is 0 Å². The second-order valence-electron chi connectivity index (χ2n) is 9.30. The van der Waals surface area contributed by atoms with Gasteiger partial charge in [-0.05, 0) is 46.9 Å². The van der Waals surface area contributed by atoms with E-state index in [9.17, 15) is 9.59 Å². The first-order chi connectivity index (χ1) is 14.4. The molecule has 3 nitrogen and oxygen atoms in total. The molecule has 1 fully saturated rings. The molecule has 0 saturated carbocycles. The number of aryl methyl sites for hydroxylation is 1. The Morgan fingerprint density at radius 1 is 0.667 bits per heavy atom. The zero-order chi connectivity index (χ0) is 20.8. The highest BCUT2D eigenvalue weighted by Gasteiger charge is 2.70. The van der Waals surface area contributed by atoms with Crippen molar-refractivity contribution in [1.29, 1.82) is 0 Å². The molecule has 0 spiro atoms. The number of anilines is 1. The smallest absolute Gasteiger partial charge is 0.238 e. The lowest BCUT2D eigenvalue weighted by atomic mass is 9.42. The predicted octanol–water partition coefficient (Wildman–Crippen LogP) is 4.74. The zero-order valence-corrected chi connectivity index (χ0v) is 17.3. The van der Waals surface area contributed by atoms with Crippen molar-refractivity contribution in [2.75, 3.05) is 4.90 Å². The lowest BCUT2D eigenvalue weighted by Crippen LogP contribution is -2.59. The molecule has 3 aliphatic carbocycles. The minimum absolute atomic E-state index is 0.0756. The van der Waals surface area contributed by atoms with Gasteiger partial charge < -0.3 is 0 Å². The number of hydrogen-bond acceptors (Lipinski definition) is 2. The maximum atomic E-state index is 13.9. The summed E-state index contributed by atoms with van der Waals surface area (Å²) in [4.78, 5) is 29.3. The Kier molecular flexibility index (Phi) is 3.22. The average Bonchev–Trinajstić information content (AvgIpc) is 3.03. The fourth-order valence-electron chi connectivity index (χ4n) is 6.59. The Labute approximate surface area is 176 Å². The summed E-state index contributed by atoms with van der Waals surface area (Å²) in [7, 11) is 0. The molecular weight excluding hydrogens is 370 g/mol. The van der Waals surface area contributed by atoms with Crippen molar-refractivity contribution in [1.82, 2.24) is 0 Å². The molecule has 3 aromatic carbocycles. The predicted molar refractivity (Wildman–Crippen MR) is 116 cm³/mol. The van der Waals surface area contributed by atoms with E-state index in [2.05, 4.69) is 38.1 Å². The largest absolute Gasteiger partial charge is 0.274 e. The highest BCUT2D eigenvalue weighted by atomic mass is 16.2. The number of rotatable bonds is 1. The van der Waals surface area contributed by atoms with Crippen molar-refractivity contribution in [2.24, 2.45) is 11.8 Å². The van der Waals surface area contributed by atoms with E-state index in [4.69, 9.17) is 0 Å². The van der Waals surface area contributed by atoms with Gasteiger partial charge in [0.1, 0.15) is 0 Å². The van der Waals surface area contributed by atoms with Crippen LogP contribution in [0.15, 0.2) is 72.8 Å². The molecular formula is C27H23NO2. The number of benzene rings is 3. The molecule has 148 valence electrons. The quantitative estimate of drug-likeness (QED) is 0.560. The molecule has 1 saturated heterocycles. The first kappa shape index (κ1) is 17.6. The SMILES string of the molecule is Cc1cccc(N2C(=O)[C@@H]3[C@@H](C2=O)C2(C)c4ccccc4C3(C)c3ccccc32)c1. The van der Waals surface area contributed by atoms with Crippen molar-refractivity contribution in [3.05, 3.63) is 101 Å². The van der Waals surface area contributed by atoms with Crippen LogP contribution in [0, 0.1) is 18.8 Å². The first-order valence-corrected chi connectivity index (χ1v) is 10.5. The van der Waals surface area contributed by atoms with Gasteiger partial charge in [0.2, 0.25) is 11.8 Å². The molecule has 30 heavy (non-hydrogen) atoms. The number of hydrogen-bond donors (Lipinski definition) is 0. The van der Waals surface area contributed by atoms with Gasteiger partial charge in [-0.1, -0.05) is 74.5 Å². The van der Waals surface area contributed by atoms with Gasteiger partial charge in [-0.2, -0.15) is 0 Å². The van der Waals surface area contributed by atoms with Gasteiger partial charge in [-0.25, -0.2) is 4.90 Å². The van der Waals surface area contributed by atoms with Gasteiger partial charge in [0.15, 0.2) is 0 Å². The summed E-state index contributed by atoms with van der Waals surface area (Å²) >= 11 is 0. The number of carbonyl (C=O) groups is 2. The van der Waals surface area contributed by atoms with Gasteiger partial charge in [0, 0.05) is 10.8 Å². The van der Waals surface area contributed by atoms with Crippen molar-refractivity contribution >= 4 is 17.5 Å². The summed E-state index contributed by atoms with van der Waals surface area (Å²) in [5, 5.41) is 0. The van der Waals surface area contributed by atoms with Crippen LogP contribution in [0.25, 0.3) is 0 Å². The maximum absolute atomic E-state index is 13.9. The molecule has 3 heteroatoms. The average molecular weight is 393 g/mol. The van der Waals surface area contributed by atoms with Crippen molar-refractivity contribution in [3.8, 4) is 0 Å². The van der Waals surface area contributed by atoms with Crippen LogP contribution in [0.2, 0.25) is 0 Å². The zero-order valence-electron chi connectivity index (χ0n) is 17.3. The van der Waals surface area contributed by atoms with Crippen LogP contribution < -0.4 is 4.90 Å². The van der Waals surface area contributed by atoms with E-state index in [0.29, 0.717) is 5.69 Å². The third-order valence-electron chi connectivity index (χ3n) is 7.90. The van der Waals surface area contributed by atoms with Crippen LogP contribution in [0.1, 0.15) is 41.7 Å². The van der Waals surface area contributed by atoms with Gasteiger partial charge in [-0.15, -0.1) is 0 Å². The topological polar surface area (TPSA) is 37.4 Å². The fraction of sp³-hybridized carbons (Fsp3) is 0.259. The van der Waals surface area contributed by atoms with Gasteiger partial charge in [-0.3, -0.25) is 9.59 Å². The van der Waals surface area contributed by atoms with Crippen LogP contribution in [-0.4, -0.2) is 11.8 Å². The third-order valence-corrected chi connectivity index (χ3v) is 7.90. The number of nitrogens with zero attached hydrogens (tertiary/aromatic N) is 1. The van der Waals surface area contributed by atoms with E-state index in [1.165, 1.54) is 27.2 Å². The number of imide groups is 1. The van der Waals surface area contributed by atoms with Crippen LogP contribution in [0.3, 0.4) is 0 Å². The van der Waals surface area contributed by atoms with E-state index in [0.717, 1.165) is 5.56 Å². The summed E-state index contributed by atoms with van der Waals surface area (Å²) in [5.74, 6) is -0.956. The molecule has 1 heterocycles. The lowest BCUT2D eigenvalue weighted by molar-refractivity contribution is -0.124. The van der Waals surface area contributed by atoms with Crippen LogP contribution in [0.5, 0.6) is 0 Å². The van der Waals surface area contributed by atoms with E-state index < -0.39 is 22.7 Å². The first-order valence-electron chi connectivity index (χ1n) is 10.5. The highest BCUT2D eigenvalue weighted by molar-refractivity contribution is 6.24. The molecule has 1 aliphatic heterocycles. The minimum Gasteiger partial charge on any atom is -0.274 e. The second kappa shape index (κ2) is 5.48. The molecule has 7 rings (SSSR count). The van der Waals surface area contributed by atoms with Crippen molar-refractivity contribution < 1.29 is 9.59 Å². The number of carbonyl (C=O) groups excluding carboxylic acids is 2. The van der Waals surface area contributed by atoms with E-state index in [1.54, 1.807) is 0 Å². The fourth-order valence-corrected chi connectivity index (χ4v) is 6.59. The summed E-state index contributed by atoms with van der Waals surface area (Å²) in [6, 6.07) is 24.5. The van der Waals surface area contributed by atoms with E-state index in [-0.39, 0.29) is 11.8 Å². The summed E-state index contributed by atoms with van der Waals surface area (Å²) in [5.41, 5.74) is 5.38. The molecule has 0 radical (unpaired) electrons. The van der Waals surface area contributed by atoms with Gasteiger partial charge in [0.25, 0.3) is 0 Å². The Hall–Kier alpha value is -3.20. The van der Waals surface area contributed by atoms with Gasteiger partial charge in [0.05, 0.1) is 17.5 Å². The Morgan fingerprint density at radius 2 is 1.10 bits per heavy atom. The molecule has 0 unspecified atom stereocenters. The van der Waals surface area contributed by atoms with Crippen molar-refractivity contribution in [2.45, 2.75) is 31.6 Å². The Morgan fingerprint density at radius 3 is 1.50 bits per heavy atom. The van der Waals surface area contributed by atoms with E-state index in [1.807, 2.05) is 55.5 Å². The maximum Gasteiger partial charge on any atom is 0.238 e. The van der Waals surface area contributed by atoms with Crippen LogP contribution in [-0.2, 0) is 20.4 Å². The van der Waals surface area contributed by atoms with Gasteiger partial charge >= 0.3 is 0 Å². The molecule has 4 aliphatic rings. The van der Waals surface area contributed by atoms with Crippen molar-refractivity contribution in [3.63, 3.8) is 0 Å². The molecule has 2 atom stereocenters. The lowest BCUT2D eigenvalue weighted by Gasteiger charge is -2.57. The minimum atomic E-state index is -0.527.